The third kappa shape index (κ3) is 1.64. The first-order valence-corrected chi connectivity index (χ1v) is 8.67. The van der Waals surface area contributed by atoms with E-state index in [-0.39, 0.29) is 0 Å². The monoisotopic (exact) mass is 370 g/mol. The third-order valence-electron chi connectivity index (χ3n) is 5.33. The van der Waals surface area contributed by atoms with Crippen LogP contribution in [0.5, 0.6) is 0 Å². The zero-order valence-corrected chi connectivity index (χ0v) is 13.8. The first-order valence-electron chi connectivity index (χ1n) is 7.76. The Bertz CT molecular complexity index is 981. The van der Waals surface area contributed by atoms with E-state index in [9.17, 15) is 15.3 Å². The molecular weight excluding hydrogens is 356 g/mol. The van der Waals surface area contributed by atoms with Crippen LogP contribution >= 0.6 is 15.9 Å². The molecule has 0 heterocycles. The zero-order valence-electron chi connectivity index (χ0n) is 12.2. The number of halogens is 1. The van der Waals surface area contributed by atoms with E-state index in [1.807, 2.05) is 12.1 Å². The number of hydrogen-bond acceptors (Lipinski definition) is 3. The maximum absolute atomic E-state index is 10.7. The molecule has 2 aliphatic rings. The molecule has 0 spiro atoms. The number of benzene rings is 3. The molecule has 0 saturated carbocycles. The van der Waals surface area contributed by atoms with Gasteiger partial charge < -0.3 is 15.3 Å². The van der Waals surface area contributed by atoms with Gasteiger partial charge in [-0.15, -0.1) is 0 Å². The fourth-order valence-corrected chi connectivity index (χ4v) is 4.83. The molecule has 0 saturated heterocycles. The average Bonchev–Trinajstić information content (AvgIpc) is 2.94. The van der Waals surface area contributed by atoms with Crippen molar-refractivity contribution in [3.05, 3.63) is 58.7 Å². The van der Waals surface area contributed by atoms with Crippen molar-refractivity contribution in [3.63, 3.8) is 0 Å². The minimum Gasteiger partial charge on any atom is -0.389 e. The first kappa shape index (κ1) is 13.9. The number of hydrogen-bond donors (Lipinski definition) is 3. The molecule has 0 radical (unpaired) electrons. The topological polar surface area (TPSA) is 60.7 Å². The summed E-state index contributed by atoms with van der Waals surface area (Å²) in [5, 5.41) is 36.0. The van der Waals surface area contributed by atoms with E-state index in [4.69, 9.17) is 0 Å². The van der Waals surface area contributed by atoms with Crippen LogP contribution in [0.1, 0.15) is 34.5 Å². The molecule has 23 heavy (non-hydrogen) atoms. The molecule has 5 rings (SSSR count). The van der Waals surface area contributed by atoms with Gasteiger partial charge in [0.15, 0.2) is 0 Å². The van der Waals surface area contributed by atoms with Crippen molar-refractivity contribution in [1.29, 1.82) is 0 Å². The summed E-state index contributed by atoms with van der Waals surface area (Å²) in [6.45, 7) is 0. The van der Waals surface area contributed by atoms with E-state index in [1.54, 1.807) is 0 Å². The van der Waals surface area contributed by atoms with Crippen molar-refractivity contribution in [2.24, 2.45) is 0 Å². The molecule has 0 amide bonds. The lowest BCUT2D eigenvalue weighted by molar-refractivity contribution is -0.0205. The summed E-state index contributed by atoms with van der Waals surface area (Å²) in [4.78, 5) is -0.578. The average molecular weight is 371 g/mol. The van der Waals surface area contributed by atoms with Crippen molar-refractivity contribution < 1.29 is 15.3 Å². The van der Waals surface area contributed by atoms with Crippen LogP contribution in [0.4, 0.5) is 0 Å². The fourth-order valence-electron chi connectivity index (χ4n) is 4.28. The smallest absolute Gasteiger partial charge is 0.106 e. The Morgan fingerprint density at radius 1 is 0.913 bits per heavy atom. The van der Waals surface area contributed by atoms with Crippen LogP contribution < -0.4 is 0 Å². The first-order chi connectivity index (χ1) is 11.1. The summed E-state index contributed by atoms with van der Waals surface area (Å²) < 4.78 is 0. The Morgan fingerprint density at radius 3 is 2.57 bits per heavy atom. The van der Waals surface area contributed by atoms with Crippen LogP contribution in [-0.2, 0) is 6.42 Å². The van der Waals surface area contributed by atoms with Gasteiger partial charge in [-0.1, -0.05) is 52.3 Å². The highest BCUT2D eigenvalue weighted by Crippen LogP contribution is 2.48. The number of fused-ring (bicyclic) bond motifs is 2. The predicted octanol–water partition coefficient (Wildman–Crippen LogP) is 3.10. The quantitative estimate of drug-likeness (QED) is 0.329. The normalized spacial score (nSPS) is 28.7. The van der Waals surface area contributed by atoms with Gasteiger partial charge in [-0.2, -0.15) is 0 Å². The zero-order chi connectivity index (χ0) is 15.9. The molecule has 4 atom stereocenters. The molecule has 4 heteroatoms. The standard InChI is InChI=1S/C19H15BrO3/c20-16-18(22)15-11-5-4-8-2-1-3-9-6-10(14(11)13(8)9)7-12(15)17(21)19(16)23/h1-5,7,16-19,21-23H,6H2/t16-,17-,18+,19-/m1/s1. The maximum atomic E-state index is 10.7. The molecular formula is C19H15BrO3. The SMILES string of the molecule is O[C@@H]1[C@H](Br)[C@@H](O)c2c(cc3c4c2ccc2cccc(c24)C3)[C@H]1O. The van der Waals surface area contributed by atoms with Gasteiger partial charge in [0.25, 0.3) is 0 Å². The molecule has 116 valence electrons. The Labute approximate surface area is 141 Å². The minimum atomic E-state index is -1.02. The number of rotatable bonds is 0. The Balaban J connectivity index is 1.95. The number of aliphatic hydroxyl groups excluding tert-OH is 3. The molecule has 3 nitrogen and oxygen atoms in total. The van der Waals surface area contributed by atoms with Crippen molar-refractivity contribution >= 4 is 37.5 Å². The second kappa shape index (κ2) is 4.54. The molecule has 0 aromatic heterocycles. The summed E-state index contributed by atoms with van der Waals surface area (Å²) in [5.41, 5.74) is 3.83. The molecule has 0 bridgehead atoms. The summed E-state index contributed by atoms with van der Waals surface area (Å²) >= 11 is 3.34. The van der Waals surface area contributed by atoms with Gasteiger partial charge >= 0.3 is 0 Å². The largest absolute Gasteiger partial charge is 0.389 e. The van der Waals surface area contributed by atoms with E-state index in [0.717, 1.165) is 22.9 Å². The Morgan fingerprint density at radius 2 is 1.74 bits per heavy atom. The summed E-state index contributed by atoms with van der Waals surface area (Å²) in [7, 11) is 0. The van der Waals surface area contributed by atoms with Gasteiger partial charge in [0.2, 0.25) is 0 Å². The molecule has 0 unspecified atom stereocenters. The highest BCUT2D eigenvalue weighted by molar-refractivity contribution is 9.09. The molecule has 0 aliphatic heterocycles. The van der Waals surface area contributed by atoms with Crippen LogP contribution in [0.2, 0.25) is 0 Å². The maximum Gasteiger partial charge on any atom is 0.106 e. The van der Waals surface area contributed by atoms with Crippen molar-refractivity contribution in [2.45, 2.75) is 29.6 Å². The van der Waals surface area contributed by atoms with E-state index < -0.39 is 23.1 Å². The highest BCUT2D eigenvalue weighted by Gasteiger charge is 2.41. The van der Waals surface area contributed by atoms with Crippen LogP contribution in [0, 0.1) is 0 Å². The lowest BCUT2D eigenvalue weighted by atomic mass is 9.81. The van der Waals surface area contributed by atoms with Gasteiger partial charge in [0, 0.05) is 0 Å². The molecule has 3 aromatic rings. The van der Waals surface area contributed by atoms with Crippen LogP contribution in [-0.4, -0.2) is 26.3 Å². The van der Waals surface area contributed by atoms with Gasteiger partial charge in [-0.05, 0) is 50.2 Å². The molecule has 3 N–H and O–H groups in total. The van der Waals surface area contributed by atoms with E-state index in [2.05, 4.69) is 40.2 Å². The molecule has 0 fully saturated rings. The molecule has 2 aliphatic carbocycles. The fraction of sp³-hybridized carbons (Fsp3) is 0.263. The van der Waals surface area contributed by atoms with Gasteiger partial charge in [0.05, 0.1) is 17.0 Å². The minimum absolute atomic E-state index is 0.578. The Kier molecular flexibility index (Phi) is 2.75. The second-order valence-corrected chi connectivity index (χ2v) is 7.60. The van der Waals surface area contributed by atoms with Crippen LogP contribution in [0.15, 0.2) is 36.4 Å². The van der Waals surface area contributed by atoms with Gasteiger partial charge in [0.1, 0.15) is 6.10 Å². The lowest BCUT2D eigenvalue weighted by Gasteiger charge is -2.35. The van der Waals surface area contributed by atoms with Gasteiger partial charge in [-0.3, -0.25) is 0 Å². The van der Waals surface area contributed by atoms with E-state index >= 15 is 0 Å². The second-order valence-electron chi connectivity index (χ2n) is 6.54. The lowest BCUT2D eigenvalue weighted by Crippen LogP contribution is -2.38. The van der Waals surface area contributed by atoms with Crippen molar-refractivity contribution in [3.8, 4) is 0 Å². The summed E-state index contributed by atoms with van der Waals surface area (Å²) in [6.07, 6.45) is -2.02. The molecule has 3 aromatic carbocycles. The third-order valence-corrected chi connectivity index (χ3v) is 6.37. The Hall–Kier alpha value is -1.46. The highest BCUT2D eigenvalue weighted by atomic mass is 79.9. The van der Waals surface area contributed by atoms with E-state index in [0.29, 0.717) is 5.56 Å². The summed E-state index contributed by atoms with van der Waals surface area (Å²) in [5.74, 6) is 0. The number of aliphatic hydroxyl groups is 3. The predicted molar refractivity (Wildman–Crippen MR) is 92.9 cm³/mol. The summed E-state index contributed by atoms with van der Waals surface area (Å²) in [6, 6.07) is 12.4. The van der Waals surface area contributed by atoms with Crippen LogP contribution in [0.3, 0.4) is 0 Å². The van der Waals surface area contributed by atoms with E-state index in [1.165, 1.54) is 21.7 Å². The van der Waals surface area contributed by atoms with Crippen LogP contribution in [0.25, 0.3) is 21.5 Å². The van der Waals surface area contributed by atoms with Crippen molar-refractivity contribution in [1.82, 2.24) is 0 Å². The van der Waals surface area contributed by atoms with Gasteiger partial charge in [-0.25, -0.2) is 0 Å². The number of alkyl halides is 1. The van der Waals surface area contributed by atoms with Crippen molar-refractivity contribution in [2.75, 3.05) is 0 Å².